The SMILES string of the molecule is C=C(C)C(=O)OC(C)OC(=O)c1cccc2c1-c1ccccc1C2=C(C#N)C#N. The molecule has 0 amide bonds. The van der Waals surface area contributed by atoms with Crippen molar-refractivity contribution < 1.29 is 19.1 Å². The molecule has 0 saturated heterocycles. The van der Waals surface area contributed by atoms with Crippen molar-refractivity contribution in [2.24, 2.45) is 0 Å². The topological polar surface area (TPSA) is 100 Å². The number of carbonyl (C=O) groups excluding carboxylic acids is 2. The van der Waals surface area contributed by atoms with E-state index >= 15 is 0 Å². The van der Waals surface area contributed by atoms with Crippen LogP contribution in [0.4, 0.5) is 0 Å². The molecule has 0 heterocycles. The average molecular weight is 384 g/mol. The van der Waals surface area contributed by atoms with E-state index in [0.717, 1.165) is 5.56 Å². The fraction of sp³-hybridized carbons (Fsp3) is 0.130. The summed E-state index contributed by atoms with van der Waals surface area (Å²) >= 11 is 0. The standard InChI is InChI=1S/C23H16N2O4/c1-13(2)22(26)28-14(3)29-23(27)19-10-6-9-18-20(15(11-24)12-25)16-7-4-5-8-17(16)21(18)19/h4-10,14H,1H2,2-3H3. The van der Waals surface area contributed by atoms with Gasteiger partial charge < -0.3 is 9.47 Å². The van der Waals surface area contributed by atoms with Crippen molar-refractivity contribution >= 4 is 17.5 Å². The number of fused-ring (bicyclic) bond motifs is 3. The Balaban J connectivity index is 2.07. The first-order valence-electron chi connectivity index (χ1n) is 8.74. The molecule has 142 valence electrons. The lowest BCUT2D eigenvalue weighted by Crippen LogP contribution is -2.22. The lowest BCUT2D eigenvalue weighted by atomic mass is 9.97. The van der Waals surface area contributed by atoms with E-state index in [4.69, 9.17) is 9.47 Å². The Morgan fingerprint density at radius 2 is 1.59 bits per heavy atom. The van der Waals surface area contributed by atoms with Gasteiger partial charge in [-0.2, -0.15) is 10.5 Å². The summed E-state index contributed by atoms with van der Waals surface area (Å²) in [6.07, 6.45) is -1.11. The molecule has 0 bridgehead atoms. The Hall–Kier alpha value is -4.16. The van der Waals surface area contributed by atoms with E-state index in [0.29, 0.717) is 22.3 Å². The number of esters is 2. The van der Waals surface area contributed by atoms with Crippen molar-refractivity contribution in [2.75, 3.05) is 0 Å². The van der Waals surface area contributed by atoms with E-state index in [1.807, 2.05) is 24.3 Å². The summed E-state index contributed by atoms with van der Waals surface area (Å²) in [6, 6.07) is 16.1. The van der Waals surface area contributed by atoms with Crippen molar-refractivity contribution in [3.8, 4) is 23.3 Å². The number of nitriles is 2. The predicted molar refractivity (Wildman–Crippen MR) is 105 cm³/mol. The highest BCUT2D eigenvalue weighted by Crippen LogP contribution is 2.47. The molecule has 3 rings (SSSR count). The number of hydrogen-bond acceptors (Lipinski definition) is 6. The summed E-state index contributed by atoms with van der Waals surface area (Å²) in [5.41, 5.74) is 3.48. The van der Waals surface area contributed by atoms with Crippen LogP contribution in [0.15, 0.2) is 60.2 Å². The lowest BCUT2D eigenvalue weighted by molar-refractivity contribution is -0.160. The highest BCUT2D eigenvalue weighted by Gasteiger charge is 2.31. The number of carbonyl (C=O) groups is 2. The van der Waals surface area contributed by atoms with E-state index in [1.165, 1.54) is 13.8 Å². The normalized spacial score (nSPS) is 11.9. The Kier molecular flexibility index (Phi) is 5.29. The number of allylic oxidation sites excluding steroid dienone is 1. The molecule has 1 atom stereocenters. The second kappa shape index (κ2) is 7.84. The van der Waals surface area contributed by atoms with Crippen LogP contribution in [0.5, 0.6) is 0 Å². The lowest BCUT2D eigenvalue weighted by Gasteiger charge is -2.15. The summed E-state index contributed by atoms with van der Waals surface area (Å²) < 4.78 is 10.3. The van der Waals surface area contributed by atoms with Gasteiger partial charge in [0.15, 0.2) is 0 Å². The maximum atomic E-state index is 12.8. The fourth-order valence-electron chi connectivity index (χ4n) is 3.18. The van der Waals surface area contributed by atoms with Gasteiger partial charge in [0, 0.05) is 23.6 Å². The summed E-state index contributed by atoms with van der Waals surface area (Å²) in [7, 11) is 0. The van der Waals surface area contributed by atoms with Crippen LogP contribution in [-0.4, -0.2) is 18.2 Å². The molecule has 0 aliphatic heterocycles. The molecule has 1 aliphatic carbocycles. The predicted octanol–water partition coefficient (Wildman–Crippen LogP) is 4.14. The summed E-state index contributed by atoms with van der Waals surface area (Å²) in [5.74, 6) is -1.35. The Bertz CT molecular complexity index is 1150. The molecule has 6 nitrogen and oxygen atoms in total. The quantitative estimate of drug-likeness (QED) is 0.290. The maximum Gasteiger partial charge on any atom is 0.341 e. The van der Waals surface area contributed by atoms with Gasteiger partial charge in [0.2, 0.25) is 6.29 Å². The van der Waals surface area contributed by atoms with Crippen LogP contribution in [0.2, 0.25) is 0 Å². The zero-order chi connectivity index (χ0) is 21.1. The summed E-state index contributed by atoms with van der Waals surface area (Å²) in [4.78, 5) is 24.4. The molecule has 0 aromatic heterocycles. The maximum absolute atomic E-state index is 12.8. The molecule has 2 aromatic carbocycles. The Labute approximate surface area is 167 Å². The molecule has 6 heteroatoms. The number of ether oxygens (including phenoxy) is 2. The molecule has 0 saturated carbocycles. The van der Waals surface area contributed by atoms with Gasteiger partial charge in [0.25, 0.3) is 0 Å². The third-order valence-electron chi connectivity index (χ3n) is 4.39. The second-order valence-corrected chi connectivity index (χ2v) is 6.41. The van der Waals surface area contributed by atoms with Gasteiger partial charge in [-0.15, -0.1) is 0 Å². The minimum Gasteiger partial charge on any atom is -0.422 e. The molecule has 1 aliphatic rings. The first-order chi connectivity index (χ1) is 13.9. The van der Waals surface area contributed by atoms with E-state index in [2.05, 4.69) is 6.58 Å². The van der Waals surface area contributed by atoms with Crippen molar-refractivity contribution in [3.05, 3.63) is 76.9 Å². The van der Waals surface area contributed by atoms with Crippen molar-refractivity contribution in [3.63, 3.8) is 0 Å². The third-order valence-corrected chi connectivity index (χ3v) is 4.39. The zero-order valence-electron chi connectivity index (χ0n) is 15.9. The van der Waals surface area contributed by atoms with Gasteiger partial charge >= 0.3 is 11.9 Å². The van der Waals surface area contributed by atoms with E-state index in [9.17, 15) is 20.1 Å². The van der Waals surface area contributed by atoms with Crippen molar-refractivity contribution in [1.82, 2.24) is 0 Å². The first kappa shape index (κ1) is 19.6. The van der Waals surface area contributed by atoms with E-state index in [-0.39, 0.29) is 16.7 Å². The van der Waals surface area contributed by atoms with E-state index < -0.39 is 18.2 Å². The molecular formula is C23H16N2O4. The number of hydrogen-bond donors (Lipinski definition) is 0. The van der Waals surface area contributed by atoms with E-state index in [1.54, 1.807) is 30.3 Å². The summed E-state index contributed by atoms with van der Waals surface area (Å²) in [5, 5.41) is 18.8. The minimum absolute atomic E-state index is 0.0366. The van der Waals surface area contributed by atoms with Crippen LogP contribution in [0.25, 0.3) is 16.7 Å². The van der Waals surface area contributed by atoms with Crippen LogP contribution in [0.3, 0.4) is 0 Å². The summed E-state index contributed by atoms with van der Waals surface area (Å²) in [6.45, 7) is 6.41. The average Bonchev–Trinajstić information content (AvgIpc) is 3.03. The Morgan fingerprint density at radius 1 is 0.966 bits per heavy atom. The van der Waals surface area contributed by atoms with Crippen LogP contribution < -0.4 is 0 Å². The van der Waals surface area contributed by atoms with Crippen molar-refractivity contribution in [1.29, 1.82) is 10.5 Å². The van der Waals surface area contributed by atoms with Crippen LogP contribution >= 0.6 is 0 Å². The monoisotopic (exact) mass is 384 g/mol. The molecule has 0 spiro atoms. The van der Waals surface area contributed by atoms with Gasteiger partial charge in [-0.25, -0.2) is 9.59 Å². The van der Waals surface area contributed by atoms with Gasteiger partial charge in [-0.3, -0.25) is 0 Å². The van der Waals surface area contributed by atoms with Gasteiger partial charge in [-0.05, 0) is 29.7 Å². The third kappa shape index (κ3) is 3.52. The first-order valence-corrected chi connectivity index (χ1v) is 8.74. The second-order valence-electron chi connectivity index (χ2n) is 6.41. The molecule has 29 heavy (non-hydrogen) atoms. The van der Waals surface area contributed by atoms with Crippen molar-refractivity contribution in [2.45, 2.75) is 20.1 Å². The number of nitrogens with zero attached hydrogens (tertiary/aromatic N) is 2. The van der Waals surface area contributed by atoms with Crippen LogP contribution in [0.1, 0.15) is 35.3 Å². The van der Waals surface area contributed by atoms with Gasteiger partial charge in [-0.1, -0.05) is 43.0 Å². The highest BCUT2D eigenvalue weighted by atomic mass is 16.7. The molecular weight excluding hydrogens is 368 g/mol. The molecule has 0 N–H and O–H groups in total. The largest absolute Gasteiger partial charge is 0.422 e. The van der Waals surface area contributed by atoms with Gasteiger partial charge in [0.05, 0.1) is 5.56 Å². The molecule has 1 unspecified atom stereocenters. The molecule has 0 radical (unpaired) electrons. The molecule has 0 fully saturated rings. The smallest absolute Gasteiger partial charge is 0.341 e. The van der Waals surface area contributed by atoms with Crippen LogP contribution in [-0.2, 0) is 14.3 Å². The number of benzene rings is 2. The van der Waals surface area contributed by atoms with Gasteiger partial charge in [0.1, 0.15) is 17.7 Å². The minimum atomic E-state index is -1.11. The highest BCUT2D eigenvalue weighted by molar-refractivity contribution is 6.10. The molecule has 2 aromatic rings. The zero-order valence-corrected chi connectivity index (χ0v) is 15.9. The number of rotatable bonds is 4. The fourth-order valence-corrected chi connectivity index (χ4v) is 3.18. The van der Waals surface area contributed by atoms with Crippen LogP contribution in [0, 0.1) is 22.7 Å². The Morgan fingerprint density at radius 3 is 2.21 bits per heavy atom.